The second-order valence-corrected chi connectivity index (χ2v) is 8.52. The molecule has 0 aliphatic carbocycles. The molecule has 1 aromatic heterocycles. The van der Waals surface area contributed by atoms with Gasteiger partial charge >= 0.3 is 0 Å². The van der Waals surface area contributed by atoms with Crippen LogP contribution in [-0.2, 0) is 16.4 Å². The zero-order valence-electron chi connectivity index (χ0n) is 15.4. The summed E-state index contributed by atoms with van der Waals surface area (Å²) in [7, 11) is -3.73. The van der Waals surface area contributed by atoms with Gasteiger partial charge in [0, 0.05) is 18.3 Å². The van der Waals surface area contributed by atoms with Crippen LogP contribution in [0.4, 0.5) is 11.5 Å². The molecule has 0 saturated carbocycles. The summed E-state index contributed by atoms with van der Waals surface area (Å²) in [6.07, 6.45) is 3.05. The molecule has 148 valence electrons. The molecule has 2 aromatic carbocycles. The van der Waals surface area contributed by atoms with Crippen molar-refractivity contribution in [1.82, 2.24) is 4.98 Å². The summed E-state index contributed by atoms with van der Waals surface area (Å²) in [6.45, 7) is 0.417. The van der Waals surface area contributed by atoms with E-state index in [0.717, 1.165) is 18.4 Å². The van der Waals surface area contributed by atoms with E-state index >= 15 is 0 Å². The number of sulfonamides is 1. The summed E-state index contributed by atoms with van der Waals surface area (Å²) >= 11 is 0. The second kappa shape index (κ2) is 7.56. The van der Waals surface area contributed by atoms with Gasteiger partial charge in [-0.3, -0.25) is 9.10 Å². The van der Waals surface area contributed by atoms with Crippen LogP contribution in [0.15, 0.2) is 71.8 Å². The van der Waals surface area contributed by atoms with Crippen LogP contribution >= 0.6 is 0 Å². The molecule has 1 amide bonds. The SMILES string of the molecule is O=C(Nc1ncccc1O)c1ccc(S(=O)(=O)N2CCCc3ccccc32)cc1. The lowest BCUT2D eigenvalue weighted by atomic mass is 10.0. The summed E-state index contributed by atoms with van der Waals surface area (Å²) in [6, 6.07) is 16.2. The van der Waals surface area contributed by atoms with Crippen LogP contribution in [0.3, 0.4) is 0 Å². The number of hydrogen-bond acceptors (Lipinski definition) is 5. The van der Waals surface area contributed by atoms with Crippen LogP contribution in [0.1, 0.15) is 22.3 Å². The Balaban J connectivity index is 1.58. The molecule has 29 heavy (non-hydrogen) atoms. The van der Waals surface area contributed by atoms with Gasteiger partial charge in [0.15, 0.2) is 11.6 Å². The zero-order chi connectivity index (χ0) is 20.4. The number of aromatic hydroxyl groups is 1. The van der Waals surface area contributed by atoms with E-state index in [4.69, 9.17) is 0 Å². The summed E-state index contributed by atoms with van der Waals surface area (Å²) in [4.78, 5) is 16.4. The molecular formula is C21H19N3O4S. The molecule has 8 heteroatoms. The van der Waals surface area contributed by atoms with Crippen molar-refractivity contribution in [3.8, 4) is 5.75 Å². The molecule has 0 fully saturated rings. The Morgan fingerprint density at radius 2 is 1.79 bits per heavy atom. The van der Waals surface area contributed by atoms with Crippen LogP contribution in [0.5, 0.6) is 5.75 Å². The first-order chi connectivity index (χ1) is 14.0. The van der Waals surface area contributed by atoms with E-state index in [-0.39, 0.29) is 22.0 Å². The molecule has 0 atom stereocenters. The number of para-hydroxylation sites is 1. The van der Waals surface area contributed by atoms with Crippen LogP contribution in [0, 0.1) is 0 Å². The highest BCUT2D eigenvalue weighted by Gasteiger charge is 2.29. The zero-order valence-corrected chi connectivity index (χ0v) is 16.3. The van der Waals surface area contributed by atoms with Gasteiger partial charge in [0.05, 0.1) is 10.6 Å². The van der Waals surface area contributed by atoms with Crippen molar-refractivity contribution < 1.29 is 18.3 Å². The molecule has 0 radical (unpaired) electrons. The third-order valence-corrected chi connectivity index (χ3v) is 6.62. The fraction of sp³-hybridized carbons (Fsp3) is 0.143. The minimum Gasteiger partial charge on any atom is -0.504 e. The third-order valence-electron chi connectivity index (χ3n) is 4.79. The number of nitrogens with zero attached hydrogens (tertiary/aromatic N) is 2. The van der Waals surface area contributed by atoms with Crippen LogP contribution in [0.25, 0.3) is 0 Å². The minimum absolute atomic E-state index is 0.0409. The Morgan fingerprint density at radius 1 is 1.03 bits per heavy atom. The molecule has 1 aliphatic rings. The van der Waals surface area contributed by atoms with Crippen LogP contribution < -0.4 is 9.62 Å². The molecule has 2 N–H and O–H groups in total. The molecular weight excluding hydrogens is 390 g/mol. The van der Waals surface area contributed by atoms with Crippen molar-refractivity contribution in [2.24, 2.45) is 0 Å². The normalized spacial score (nSPS) is 13.6. The molecule has 0 unspecified atom stereocenters. The van der Waals surface area contributed by atoms with Crippen molar-refractivity contribution in [2.45, 2.75) is 17.7 Å². The van der Waals surface area contributed by atoms with Crippen LogP contribution in [-0.4, -0.2) is 31.0 Å². The predicted octanol–water partition coefficient (Wildman–Crippen LogP) is 3.18. The Bertz CT molecular complexity index is 1160. The van der Waals surface area contributed by atoms with E-state index < -0.39 is 15.9 Å². The number of carbonyl (C=O) groups excluding carboxylic acids is 1. The predicted molar refractivity (Wildman–Crippen MR) is 110 cm³/mol. The Labute approximate surface area is 168 Å². The number of aryl methyl sites for hydroxylation is 1. The summed E-state index contributed by atoms with van der Waals surface area (Å²) in [5.74, 6) is -0.603. The average molecular weight is 409 g/mol. The maximum Gasteiger partial charge on any atom is 0.264 e. The second-order valence-electron chi connectivity index (χ2n) is 6.66. The van der Waals surface area contributed by atoms with E-state index in [0.29, 0.717) is 12.2 Å². The Hall–Kier alpha value is -3.39. The quantitative estimate of drug-likeness (QED) is 0.689. The van der Waals surface area contributed by atoms with Crippen molar-refractivity contribution in [2.75, 3.05) is 16.2 Å². The minimum atomic E-state index is -3.73. The van der Waals surface area contributed by atoms with Crippen molar-refractivity contribution in [3.63, 3.8) is 0 Å². The van der Waals surface area contributed by atoms with Gasteiger partial charge in [-0.05, 0) is 60.9 Å². The van der Waals surface area contributed by atoms with E-state index in [1.165, 1.54) is 40.8 Å². The lowest BCUT2D eigenvalue weighted by Gasteiger charge is -2.30. The lowest BCUT2D eigenvalue weighted by molar-refractivity contribution is 0.102. The number of rotatable bonds is 4. The number of benzene rings is 2. The van der Waals surface area contributed by atoms with Gasteiger partial charge in [0.1, 0.15) is 0 Å². The van der Waals surface area contributed by atoms with Gasteiger partial charge in [-0.15, -0.1) is 0 Å². The van der Waals surface area contributed by atoms with Gasteiger partial charge in [0.2, 0.25) is 0 Å². The standard InChI is InChI=1S/C21H19N3O4S/c25-19-8-3-13-22-20(19)23-21(26)16-9-11-17(12-10-16)29(27,28)24-14-4-6-15-5-1-2-7-18(15)24/h1-3,5,7-13,25H,4,6,14H2,(H,22,23,26). The highest BCUT2D eigenvalue weighted by atomic mass is 32.2. The van der Waals surface area contributed by atoms with Gasteiger partial charge in [-0.2, -0.15) is 0 Å². The first-order valence-corrected chi connectivity index (χ1v) is 10.6. The number of nitrogens with one attached hydrogen (secondary N) is 1. The first-order valence-electron chi connectivity index (χ1n) is 9.13. The number of hydrogen-bond donors (Lipinski definition) is 2. The maximum atomic E-state index is 13.1. The van der Waals surface area contributed by atoms with Gasteiger partial charge in [-0.25, -0.2) is 13.4 Å². The van der Waals surface area contributed by atoms with E-state index in [9.17, 15) is 18.3 Å². The lowest BCUT2D eigenvalue weighted by Crippen LogP contribution is -2.35. The van der Waals surface area contributed by atoms with Crippen LogP contribution in [0.2, 0.25) is 0 Å². The fourth-order valence-corrected chi connectivity index (χ4v) is 4.87. The third kappa shape index (κ3) is 3.66. The Morgan fingerprint density at radius 3 is 2.55 bits per heavy atom. The smallest absolute Gasteiger partial charge is 0.264 e. The van der Waals surface area contributed by atoms with Gasteiger partial charge < -0.3 is 10.4 Å². The monoisotopic (exact) mass is 409 g/mol. The fourth-order valence-electron chi connectivity index (χ4n) is 3.33. The highest BCUT2D eigenvalue weighted by molar-refractivity contribution is 7.92. The molecule has 0 spiro atoms. The number of amides is 1. The average Bonchev–Trinajstić information content (AvgIpc) is 2.75. The number of pyridine rings is 1. The van der Waals surface area contributed by atoms with Crippen molar-refractivity contribution in [1.29, 1.82) is 0 Å². The molecule has 0 bridgehead atoms. The topological polar surface area (TPSA) is 99.6 Å². The molecule has 7 nitrogen and oxygen atoms in total. The molecule has 1 aliphatic heterocycles. The maximum absolute atomic E-state index is 13.1. The van der Waals surface area contributed by atoms with E-state index in [1.807, 2.05) is 24.3 Å². The first kappa shape index (κ1) is 18.9. The summed E-state index contributed by atoms with van der Waals surface area (Å²) < 4.78 is 27.7. The largest absolute Gasteiger partial charge is 0.504 e. The summed E-state index contributed by atoms with van der Waals surface area (Å²) in [5, 5.41) is 12.2. The van der Waals surface area contributed by atoms with Crippen molar-refractivity contribution in [3.05, 3.63) is 78.0 Å². The molecule has 4 rings (SSSR count). The van der Waals surface area contributed by atoms with E-state index in [1.54, 1.807) is 6.07 Å². The summed E-state index contributed by atoms with van der Waals surface area (Å²) in [5.41, 5.74) is 1.97. The van der Waals surface area contributed by atoms with Gasteiger partial charge in [-0.1, -0.05) is 18.2 Å². The Kier molecular flexibility index (Phi) is 4.94. The molecule has 3 aromatic rings. The number of anilines is 2. The number of carbonyl (C=O) groups is 1. The number of fused-ring (bicyclic) bond motifs is 1. The number of aromatic nitrogens is 1. The van der Waals surface area contributed by atoms with Crippen molar-refractivity contribution >= 4 is 27.4 Å². The highest BCUT2D eigenvalue weighted by Crippen LogP contribution is 2.31. The van der Waals surface area contributed by atoms with Gasteiger partial charge in [0.25, 0.3) is 15.9 Å². The molecule has 0 saturated heterocycles. The van der Waals surface area contributed by atoms with E-state index in [2.05, 4.69) is 10.3 Å². The molecule has 2 heterocycles.